The number of hydrogen-bond donors (Lipinski definition) is 1. The summed E-state index contributed by atoms with van der Waals surface area (Å²) in [4.78, 5) is 2.14. The maximum Gasteiger partial charge on any atom is 0.416 e. The van der Waals surface area contributed by atoms with E-state index in [2.05, 4.69) is 17.0 Å². The third-order valence-electron chi connectivity index (χ3n) is 5.65. The molecule has 2 aromatic rings. The molecule has 1 saturated carbocycles. The minimum Gasteiger partial charge on any atom is -0.329 e. The van der Waals surface area contributed by atoms with E-state index < -0.39 is 11.7 Å². The van der Waals surface area contributed by atoms with Crippen LogP contribution in [0.5, 0.6) is 0 Å². The van der Waals surface area contributed by atoms with E-state index in [9.17, 15) is 13.2 Å². The number of alkyl halides is 3. The van der Waals surface area contributed by atoms with Crippen LogP contribution in [0.25, 0.3) is 0 Å². The molecule has 2 aliphatic rings. The molecule has 1 aliphatic carbocycles. The number of hydrogen-bond acceptors (Lipinski definition) is 2. The van der Waals surface area contributed by atoms with Crippen LogP contribution in [0.2, 0.25) is 0 Å². The number of benzene rings is 2. The van der Waals surface area contributed by atoms with Crippen molar-refractivity contribution in [3.8, 4) is 0 Å². The lowest BCUT2D eigenvalue weighted by molar-refractivity contribution is -0.138. The van der Waals surface area contributed by atoms with Crippen LogP contribution in [0.1, 0.15) is 41.1 Å². The molecular formula is C20H21F3N2. The molecule has 25 heavy (non-hydrogen) atoms. The molecule has 4 rings (SSSR count). The van der Waals surface area contributed by atoms with Crippen LogP contribution in [0.4, 0.5) is 13.2 Å². The fourth-order valence-corrected chi connectivity index (χ4v) is 4.18. The second kappa shape index (κ2) is 5.85. The van der Waals surface area contributed by atoms with E-state index in [1.165, 1.54) is 17.7 Å². The molecule has 2 nitrogen and oxygen atoms in total. The maximum atomic E-state index is 13.4. The highest BCUT2D eigenvalue weighted by Crippen LogP contribution is 2.51. The first-order valence-electron chi connectivity index (χ1n) is 8.63. The molecular weight excluding hydrogens is 325 g/mol. The number of nitrogens with zero attached hydrogens (tertiary/aromatic N) is 1. The first kappa shape index (κ1) is 16.6. The van der Waals surface area contributed by atoms with Crippen LogP contribution >= 0.6 is 0 Å². The summed E-state index contributed by atoms with van der Waals surface area (Å²) in [6.45, 7) is 1.41. The van der Waals surface area contributed by atoms with E-state index in [0.29, 0.717) is 18.7 Å². The highest BCUT2D eigenvalue weighted by atomic mass is 19.4. The van der Waals surface area contributed by atoms with Gasteiger partial charge in [-0.25, -0.2) is 0 Å². The molecule has 1 unspecified atom stereocenters. The first-order chi connectivity index (χ1) is 11.9. The van der Waals surface area contributed by atoms with Gasteiger partial charge in [0.15, 0.2) is 0 Å². The van der Waals surface area contributed by atoms with Gasteiger partial charge in [0.2, 0.25) is 0 Å². The van der Waals surface area contributed by atoms with E-state index in [1.807, 2.05) is 18.2 Å². The van der Waals surface area contributed by atoms with Crippen molar-refractivity contribution in [2.75, 3.05) is 13.1 Å². The van der Waals surface area contributed by atoms with Gasteiger partial charge in [0.25, 0.3) is 0 Å². The Morgan fingerprint density at radius 1 is 1.04 bits per heavy atom. The Morgan fingerprint density at radius 2 is 1.76 bits per heavy atom. The highest BCUT2D eigenvalue weighted by molar-refractivity contribution is 5.43. The third-order valence-corrected chi connectivity index (χ3v) is 5.65. The van der Waals surface area contributed by atoms with Crippen LogP contribution in [0.15, 0.2) is 48.5 Å². The Kier molecular flexibility index (Phi) is 3.89. The zero-order chi connectivity index (χ0) is 17.7. The molecule has 0 amide bonds. The topological polar surface area (TPSA) is 29.3 Å². The van der Waals surface area contributed by atoms with Gasteiger partial charge in [-0.3, -0.25) is 4.90 Å². The van der Waals surface area contributed by atoms with Gasteiger partial charge < -0.3 is 5.73 Å². The Balaban J connectivity index is 1.64. The zero-order valence-corrected chi connectivity index (χ0v) is 13.9. The summed E-state index contributed by atoms with van der Waals surface area (Å²) in [5.74, 6) is 0. The molecule has 0 aromatic heterocycles. The lowest BCUT2D eigenvalue weighted by atomic mass is 9.95. The molecule has 1 aliphatic heterocycles. The zero-order valence-electron chi connectivity index (χ0n) is 13.9. The normalized spacial score (nSPS) is 22.0. The molecule has 0 bridgehead atoms. The molecule has 1 fully saturated rings. The first-order valence-corrected chi connectivity index (χ1v) is 8.63. The van der Waals surface area contributed by atoms with Crippen molar-refractivity contribution in [2.45, 2.75) is 37.0 Å². The molecule has 0 spiro atoms. The fourth-order valence-electron chi connectivity index (χ4n) is 4.18. The second-order valence-corrected chi connectivity index (χ2v) is 7.17. The monoisotopic (exact) mass is 346 g/mol. The van der Waals surface area contributed by atoms with E-state index >= 15 is 0 Å². The van der Waals surface area contributed by atoms with Crippen LogP contribution < -0.4 is 5.73 Å². The van der Waals surface area contributed by atoms with Crippen molar-refractivity contribution >= 4 is 0 Å². The molecule has 2 aromatic carbocycles. The Labute approximate surface area is 145 Å². The quantitative estimate of drug-likeness (QED) is 0.897. The molecule has 0 saturated heterocycles. The van der Waals surface area contributed by atoms with E-state index in [1.54, 1.807) is 6.07 Å². The lowest BCUT2D eigenvalue weighted by Gasteiger charge is -2.29. The van der Waals surface area contributed by atoms with Gasteiger partial charge in [-0.15, -0.1) is 0 Å². The van der Waals surface area contributed by atoms with Crippen molar-refractivity contribution in [3.05, 3.63) is 70.8 Å². The van der Waals surface area contributed by atoms with Crippen molar-refractivity contribution in [1.82, 2.24) is 4.90 Å². The minimum absolute atomic E-state index is 0.0646. The van der Waals surface area contributed by atoms with Gasteiger partial charge >= 0.3 is 6.18 Å². The number of rotatable bonds is 4. The van der Waals surface area contributed by atoms with E-state index in [0.717, 1.165) is 24.9 Å². The highest BCUT2D eigenvalue weighted by Gasteiger charge is 2.48. The van der Waals surface area contributed by atoms with Crippen molar-refractivity contribution in [3.63, 3.8) is 0 Å². The average molecular weight is 346 g/mol. The van der Waals surface area contributed by atoms with Crippen molar-refractivity contribution in [2.24, 2.45) is 5.73 Å². The standard InChI is InChI=1S/C20H21F3N2/c21-20(22,23)17-8-4-7-15-16(17)12-25(18(15)11-24)13-19(9-10-19)14-5-2-1-3-6-14/h1-8,18H,9-13,24H2. The number of fused-ring (bicyclic) bond motifs is 1. The molecule has 132 valence electrons. The summed E-state index contributed by atoms with van der Waals surface area (Å²) in [7, 11) is 0. The van der Waals surface area contributed by atoms with Crippen LogP contribution in [0, 0.1) is 0 Å². The average Bonchev–Trinajstić information content (AvgIpc) is 3.28. The van der Waals surface area contributed by atoms with Gasteiger partial charge in [-0.1, -0.05) is 42.5 Å². The second-order valence-electron chi connectivity index (χ2n) is 7.17. The molecule has 1 atom stereocenters. The smallest absolute Gasteiger partial charge is 0.329 e. The molecule has 1 heterocycles. The molecule has 2 N–H and O–H groups in total. The van der Waals surface area contributed by atoms with Gasteiger partial charge in [0.05, 0.1) is 5.56 Å². The summed E-state index contributed by atoms with van der Waals surface area (Å²) in [6.07, 6.45) is -2.17. The van der Waals surface area contributed by atoms with Gasteiger partial charge in [0.1, 0.15) is 0 Å². The van der Waals surface area contributed by atoms with Crippen molar-refractivity contribution < 1.29 is 13.2 Å². The van der Waals surface area contributed by atoms with Gasteiger partial charge in [-0.2, -0.15) is 13.2 Å². The summed E-state index contributed by atoms with van der Waals surface area (Å²) >= 11 is 0. The predicted octanol–water partition coefficient (Wildman–Crippen LogP) is 4.25. The summed E-state index contributed by atoms with van der Waals surface area (Å²) in [6, 6.07) is 14.6. The fraction of sp³-hybridized carbons (Fsp3) is 0.400. The van der Waals surface area contributed by atoms with Crippen LogP contribution in [-0.2, 0) is 18.1 Å². The Morgan fingerprint density at radius 3 is 2.36 bits per heavy atom. The summed E-state index contributed by atoms with van der Waals surface area (Å²) in [5, 5.41) is 0. The summed E-state index contributed by atoms with van der Waals surface area (Å²) in [5.41, 5.74) is 7.91. The van der Waals surface area contributed by atoms with Gasteiger partial charge in [0, 0.05) is 31.1 Å². The SMILES string of the molecule is NCC1c2cccc(C(F)(F)F)c2CN1CC1(c2ccccc2)CC1. The molecule has 5 heteroatoms. The minimum atomic E-state index is -4.32. The lowest BCUT2D eigenvalue weighted by Crippen LogP contribution is -2.34. The number of halogens is 3. The van der Waals surface area contributed by atoms with E-state index in [-0.39, 0.29) is 11.5 Å². The summed E-state index contributed by atoms with van der Waals surface area (Å²) < 4.78 is 40.1. The van der Waals surface area contributed by atoms with Gasteiger partial charge in [-0.05, 0) is 35.6 Å². The Bertz CT molecular complexity index is 766. The Hall–Kier alpha value is -1.85. The largest absolute Gasteiger partial charge is 0.416 e. The van der Waals surface area contributed by atoms with Crippen molar-refractivity contribution in [1.29, 1.82) is 0 Å². The molecule has 0 radical (unpaired) electrons. The predicted molar refractivity (Wildman–Crippen MR) is 91.0 cm³/mol. The van der Waals surface area contributed by atoms with E-state index in [4.69, 9.17) is 5.73 Å². The number of nitrogens with two attached hydrogens (primary N) is 1. The van der Waals surface area contributed by atoms with Crippen LogP contribution in [-0.4, -0.2) is 18.0 Å². The third kappa shape index (κ3) is 2.85. The van der Waals surface area contributed by atoms with Crippen LogP contribution in [0.3, 0.4) is 0 Å². The maximum absolute atomic E-state index is 13.4.